The number of rotatable bonds is 4. The number of nitrogens with two attached hydrogens (primary N) is 1. The monoisotopic (exact) mass is 387 g/mol. The topological polar surface area (TPSA) is 35.2 Å². The Kier molecular flexibility index (Phi) is 4.96. The van der Waals surface area contributed by atoms with E-state index in [-0.39, 0.29) is 11.9 Å². The highest BCUT2D eigenvalue weighted by atomic mass is 79.9. The van der Waals surface area contributed by atoms with Crippen molar-refractivity contribution in [3.8, 4) is 5.75 Å². The SMILES string of the molecule is NCC(Oc1cc(F)ccc1Br)c1ccc(Br)cc1. The third-order valence-corrected chi connectivity index (χ3v) is 3.80. The van der Waals surface area contributed by atoms with Crippen LogP contribution < -0.4 is 10.5 Å². The summed E-state index contributed by atoms with van der Waals surface area (Å²) in [5.74, 6) is 0.100. The van der Waals surface area contributed by atoms with Crippen molar-refractivity contribution in [1.29, 1.82) is 0 Å². The van der Waals surface area contributed by atoms with Crippen LogP contribution in [0.4, 0.5) is 4.39 Å². The molecule has 0 saturated heterocycles. The molecule has 0 radical (unpaired) electrons. The van der Waals surface area contributed by atoms with Crippen molar-refractivity contribution in [1.82, 2.24) is 0 Å². The molecule has 0 bridgehead atoms. The van der Waals surface area contributed by atoms with Crippen molar-refractivity contribution in [3.63, 3.8) is 0 Å². The fourth-order valence-corrected chi connectivity index (χ4v) is 2.25. The minimum Gasteiger partial charge on any atom is -0.483 e. The first kappa shape index (κ1) is 14.5. The van der Waals surface area contributed by atoms with Crippen molar-refractivity contribution < 1.29 is 9.13 Å². The summed E-state index contributed by atoms with van der Waals surface area (Å²) in [7, 11) is 0. The highest BCUT2D eigenvalue weighted by molar-refractivity contribution is 9.10. The lowest BCUT2D eigenvalue weighted by atomic mass is 10.1. The highest BCUT2D eigenvalue weighted by Crippen LogP contribution is 2.30. The smallest absolute Gasteiger partial charge is 0.137 e. The molecule has 19 heavy (non-hydrogen) atoms. The second-order valence-corrected chi connectivity index (χ2v) is 5.74. The van der Waals surface area contributed by atoms with Gasteiger partial charge in [0.25, 0.3) is 0 Å². The summed E-state index contributed by atoms with van der Waals surface area (Å²) in [5.41, 5.74) is 6.68. The Morgan fingerprint density at radius 1 is 1.11 bits per heavy atom. The van der Waals surface area contributed by atoms with E-state index < -0.39 is 0 Å². The van der Waals surface area contributed by atoms with E-state index in [1.807, 2.05) is 24.3 Å². The van der Waals surface area contributed by atoms with E-state index >= 15 is 0 Å². The first-order valence-corrected chi connectivity index (χ1v) is 7.26. The minimum absolute atomic E-state index is 0.310. The van der Waals surface area contributed by atoms with Crippen molar-refractivity contribution >= 4 is 31.9 Å². The molecule has 1 unspecified atom stereocenters. The standard InChI is InChI=1S/C14H12Br2FNO/c15-10-3-1-9(2-4-10)14(8-18)19-13-7-11(17)5-6-12(13)16/h1-7,14H,8,18H2. The molecule has 0 aliphatic heterocycles. The minimum atomic E-state index is -0.343. The maximum atomic E-state index is 13.2. The van der Waals surface area contributed by atoms with E-state index in [4.69, 9.17) is 10.5 Å². The molecule has 2 nitrogen and oxygen atoms in total. The Morgan fingerprint density at radius 2 is 1.79 bits per heavy atom. The molecule has 0 aromatic heterocycles. The zero-order valence-corrected chi connectivity index (χ0v) is 13.1. The van der Waals surface area contributed by atoms with Gasteiger partial charge >= 0.3 is 0 Å². The van der Waals surface area contributed by atoms with Crippen molar-refractivity contribution in [2.24, 2.45) is 5.73 Å². The predicted octanol–water partition coefficient (Wildman–Crippen LogP) is 4.43. The summed E-state index contributed by atoms with van der Waals surface area (Å²) in [5, 5.41) is 0. The van der Waals surface area contributed by atoms with Crippen LogP contribution in [0.3, 0.4) is 0 Å². The zero-order valence-electron chi connectivity index (χ0n) is 9.95. The molecule has 5 heteroatoms. The van der Waals surface area contributed by atoms with Crippen molar-refractivity contribution in [2.45, 2.75) is 6.10 Å². The lowest BCUT2D eigenvalue weighted by Gasteiger charge is -2.19. The molecule has 0 heterocycles. The van der Waals surface area contributed by atoms with Crippen molar-refractivity contribution in [3.05, 3.63) is 62.8 Å². The van der Waals surface area contributed by atoms with Gasteiger partial charge in [0.1, 0.15) is 17.7 Å². The maximum Gasteiger partial charge on any atom is 0.137 e. The van der Waals surface area contributed by atoms with Crippen LogP contribution in [-0.2, 0) is 0 Å². The molecule has 0 fully saturated rings. The Bertz CT molecular complexity index is 560. The predicted molar refractivity (Wildman–Crippen MR) is 80.7 cm³/mol. The van der Waals surface area contributed by atoms with Gasteiger partial charge in [0.2, 0.25) is 0 Å². The van der Waals surface area contributed by atoms with Crippen LogP contribution >= 0.6 is 31.9 Å². The molecule has 2 rings (SSSR count). The van der Waals surface area contributed by atoms with Crippen molar-refractivity contribution in [2.75, 3.05) is 6.54 Å². The van der Waals surface area contributed by atoms with Crippen LogP contribution in [0.15, 0.2) is 51.4 Å². The van der Waals surface area contributed by atoms with Gasteiger partial charge in [-0.2, -0.15) is 0 Å². The van der Waals surface area contributed by atoms with E-state index in [0.29, 0.717) is 16.8 Å². The summed E-state index contributed by atoms with van der Waals surface area (Å²) in [4.78, 5) is 0. The fourth-order valence-electron chi connectivity index (χ4n) is 1.65. The molecule has 0 aliphatic rings. The Morgan fingerprint density at radius 3 is 2.42 bits per heavy atom. The van der Waals surface area contributed by atoms with E-state index in [2.05, 4.69) is 31.9 Å². The molecular formula is C14H12Br2FNO. The van der Waals surface area contributed by atoms with Gasteiger partial charge < -0.3 is 10.5 Å². The second kappa shape index (κ2) is 6.50. The third kappa shape index (κ3) is 3.78. The van der Waals surface area contributed by atoms with E-state index in [9.17, 15) is 4.39 Å². The van der Waals surface area contributed by atoms with Gasteiger partial charge in [-0.15, -0.1) is 0 Å². The Labute approximate surface area is 128 Å². The van der Waals surface area contributed by atoms with Crippen LogP contribution in [0.2, 0.25) is 0 Å². The summed E-state index contributed by atoms with van der Waals surface area (Å²) in [6.45, 7) is 0.310. The van der Waals surface area contributed by atoms with Gasteiger partial charge in [-0.3, -0.25) is 0 Å². The van der Waals surface area contributed by atoms with E-state index in [0.717, 1.165) is 10.0 Å². The molecule has 0 spiro atoms. The van der Waals surface area contributed by atoms with Gasteiger partial charge in [0.05, 0.1) is 4.47 Å². The lowest BCUT2D eigenvalue weighted by Crippen LogP contribution is -2.18. The number of benzene rings is 2. The summed E-state index contributed by atoms with van der Waals surface area (Å²) in [6.07, 6.45) is -0.314. The third-order valence-electron chi connectivity index (χ3n) is 2.62. The van der Waals surface area contributed by atoms with Gasteiger partial charge in [-0.1, -0.05) is 28.1 Å². The Balaban J connectivity index is 2.23. The number of halogens is 3. The molecule has 0 saturated carbocycles. The number of hydrogen-bond donors (Lipinski definition) is 1. The van der Waals surface area contributed by atoms with Crippen LogP contribution in [0, 0.1) is 5.82 Å². The highest BCUT2D eigenvalue weighted by Gasteiger charge is 2.13. The van der Waals surface area contributed by atoms with Crippen LogP contribution in [0.25, 0.3) is 0 Å². The number of hydrogen-bond acceptors (Lipinski definition) is 2. The molecule has 0 amide bonds. The molecular weight excluding hydrogens is 377 g/mol. The number of ether oxygens (including phenoxy) is 1. The first-order chi connectivity index (χ1) is 9.10. The van der Waals surface area contributed by atoms with Crippen LogP contribution in [0.5, 0.6) is 5.75 Å². The van der Waals surface area contributed by atoms with Crippen LogP contribution in [0.1, 0.15) is 11.7 Å². The molecule has 0 aliphatic carbocycles. The quantitative estimate of drug-likeness (QED) is 0.840. The molecule has 2 N–H and O–H groups in total. The van der Waals surface area contributed by atoms with E-state index in [1.54, 1.807) is 6.07 Å². The van der Waals surface area contributed by atoms with Gasteiger partial charge in [0.15, 0.2) is 0 Å². The molecule has 2 aromatic carbocycles. The van der Waals surface area contributed by atoms with Gasteiger partial charge in [0, 0.05) is 17.1 Å². The average Bonchev–Trinajstić information content (AvgIpc) is 2.41. The molecule has 2 aromatic rings. The fraction of sp³-hybridized carbons (Fsp3) is 0.143. The molecule has 100 valence electrons. The van der Waals surface area contributed by atoms with Crippen LogP contribution in [-0.4, -0.2) is 6.54 Å². The average molecular weight is 389 g/mol. The summed E-state index contributed by atoms with van der Waals surface area (Å²) in [6, 6.07) is 12.0. The maximum absolute atomic E-state index is 13.2. The largest absolute Gasteiger partial charge is 0.483 e. The van der Waals surface area contributed by atoms with E-state index in [1.165, 1.54) is 12.1 Å². The first-order valence-electron chi connectivity index (χ1n) is 5.67. The zero-order chi connectivity index (χ0) is 13.8. The lowest BCUT2D eigenvalue weighted by molar-refractivity contribution is 0.212. The summed E-state index contributed by atoms with van der Waals surface area (Å²) >= 11 is 6.71. The van der Waals surface area contributed by atoms with Gasteiger partial charge in [-0.05, 0) is 45.8 Å². The van der Waals surface area contributed by atoms with Gasteiger partial charge in [-0.25, -0.2) is 4.39 Å². The molecule has 1 atom stereocenters. The normalized spacial score (nSPS) is 12.2. The summed E-state index contributed by atoms with van der Waals surface area (Å²) < 4.78 is 20.7. The second-order valence-electron chi connectivity index (χ2n) is 3.97. The Hall–Kier alpha value is -0.910.